The standard InChI is InChI=1S/C25H33N3O2/c1-6-7-16-28-22-11-9-8-10-21(22)18(2)24(28)25(29)26-17-23(27(3)4)19-12-14-20(30-5)15-13-19/h8-15,23H,6-7,16-17H2,1-5H3,(H,26,29). The van der Waals surface area contributed by atoms with E-state index in [-0.39, 0.29) is 11.9 Å². The summed E-state index contributed by atoms with van der Waals surface area (Å²) in [6.45, 7) is 5.61. The number of nitrogens with one attached hydrogen (secondary N) is 1. The van der Waals surface area contributed by atoms with Gasteiger partial charge in [0.1, 0.15) is 11.4 Å². The molecule has 0 saturated heterocycles. The van der Waals surface area contributed by atoms with Gasteiger partial charge in [0.2, 0.25) is 0 Å². The first kappa shape index (κ1) is 21.9. The minimum Gasteiger partial charge on any atom is -0.497 e. The van der Waals surface area contributed by atoms with Crippen molar-refractivity contribution in [2.75, 3.05) is 27.7 Å². The number of carbonyl (C=O) groups is 1. The van der Waals surface area contributed by atoms with Crippen molar-refractivity contribution in [3.63, 3.8) is 0 Å². The van der Waals surface area contributed by atoms with Gasteiger partial charge in [-0.25, -0.2) is 0 Å². The molecule has 5 heteroatoms. The zero-order valence-corrected chi connectivity index (χ0v) is 18.7. The molecular formula is C25H33N3O2. The van der Waals surface area contributed by atoms with E-state index in [1.54, 1.807) is 7.11 Å². The minimum atomic E-state index is -0.0137. The van der Waals surface area contributed by atoms with E-state index in [2.05, 4.69) is 46.0 Å². The summed E-state index contributed by atoms with van der Waals surface area (Å²) in [5, 5.41) is 4.34. The van der Waals surface area contributed by atoms with E-state index < -0.39 is 0 Å². The van der Waals surface area contributed by atoms with Gasteiger partial charge in [0.15, 0.2) is 0 Å². The average molecular weight is 408 g/mol. The molecule has 160 valence electrons. The van der Waals surface area contributed by atoms with Gasteiger partial charge in [-0.2, -0.15) is 0 Å². The van der Waals surface area contributed by atoms with Crippen molar-refractivity contribution >= 4 is 16.8 Å². The number of methoxy groups -OCH3 is 1. The third-order valence-electron chi connectivity index (χ3n) is 5.75. The van der Waals surface area contributed by atoms with Gasteiger partial charge in [0.25, 0.3) is 5.91 Å². The Kier molecular flexibility index (Phi) is 7.16. The molecule has 5 nitrogen and oxygen atoms in total. The molecule has 0 aliphatic carbocycles. The van der Waals surface area contributed by atoms with Crippen LogP contribution in [0.5, 0.6) is 5.75 Å². The van der Waals surface area contributed by atoms with Crippen LogP contribution in [0.25, 0.3) is 10.9 Å². The van der Waals surface area contributed by atoms with E-state index >= 15 is 0 Å². The summed E-state index contributed by atoms with van der Waals surface area (Å²) in [5.74, 6) is 0.816. The van der Waals surface area contributed by atoms with Gasteiger partial charge in [-0.3, -0.25) is 4.79 Å². The number of aryl methyl sites for hydroxylation is 2. The number of benzene rings is 2. The summed E-state index contributed by atoms with van der Waals surface area (Å²) >= 11 is 0. The van der Waals surface area contributed by atoms with Crippen LogP contribution in [0, 0.1) is 6.92 Å². The van der Waals surface area contributed by atoms with Gasteiger partial charge in [0.05, 0.1) is 13.2 Å². The number of ether oxygens (including phenoxy) is 1. The van der Waals surface area contributed by atoms with Gasteiger partial charge in [-0.15, -0.1) is 0 Å². The van der Waals surface area contributed by atoms with Crippen LogP contribution in [-0.4, -0.2) is 43.1 Å². The molecule has 0 aliphatic rings. The monoisotopic (exact) mass is 407 g/mol. The van der Waals surface area contributed by atoms with Crippen LogP contribution in [-0.2, 0) is 6.54 Å². The fraction of sp³-hybridized carbons (Fsp3) is 0.400. The molecule has 30 heavy (non-hydrogen) atoms. The Labute approximate surface area is 179 Å². The van der Waals surface area contributed by atoms with E-state index in [1.807, 2.05) is 45.3 Å². The van der Waals surface area contributed by atoms with Crippen LogP contribution in [0.15, 0.2) is 48.5 Å². The quantitative estimate of drug-likeness (QED) is 0.555. The molecule has 0 radical (unpaired) electrons. The summed E-state index contributed by atoms with van der Waals surface area (Å²) in [7, 11) is 5.73. The number of aromatic nitrogens is 1. The van der Waals surface area contributed by atoms with Crippen LogP contribution < -0.4 is 10.1 Å². The molecule has 0 spiro atoms. The highest BCUT2D eigenvalue weighted by Gasteiger charge is 2.22. The normalized spacial score (nSPS) is 12.3. The molecule has 3 rings (SSSR count). The smallest absolute Gasteiger partial charge is 0.268 e. The van der Waals surface area contributed by atoms with Gasteiger partial charge in [-0.1, -0.05) is 43.7 Å². The third-order valence-corrected chi connectivity index (χ3v) is 5.75. The molecule has 0 fully saturated rings. The van der Waals surface area contributed by atoms with Gasteiger partial charge >= 0.3 is 0 Å². The maximum absolute atomic E-state index is 13.3. The highest BCUT2D eigenvalue weighted by molar-refractivity contribution is 6.01. The Hall–Kier alpha value is -2.79. The first-order valence-electron chi connectivity index (χ1n) is 10.6. The molecule has 1 amide bonds. The molecule has 2 aromatic carbocycles. The zero-order valence-electron chi connectivity index (χ0n) is 18.7. The number of para-hydroxylation sites is 1. The number of hydrogen-bond acceptors (Lipinski definition) is 3. The number of rotatable bonds is 9. The Morgan fingerprint density at radius 1 is 1.13 bits per heavy atom. The van der Waals surface area contributed by atoms with Gasteiger partial charge in [-0.05, 0) is 56.8 Å². The van der Waals surface area contributed by atoms with Crippen LogP contribution in [0.2, 0.25) is 0 Å². The highest BCUT2D eigenvalue weighted by atomic mass is 16.5. The number of nitrogens with zero attached hydrogens (tertiary/aromatic N) is 2. The Bertz CT molecular complexity index is 990. The first-order chi connectivity index (χ1) is 14.5. The largest absolute Gasteiger partial charge is 0.497 e. The predicted molar refractivity (Wildman–Crippen MR) is 123 cm³/mol. The van der Waals surface area contributed by atoms with E-state index in [0.29, 0.717) is 6.54 Å². The molecule has 1 aromatic heterocycles. The summed E-state index contributed by atoms with van der Waals surface area (Å²) in [6.07, 6.45) is 2.14. The van der Waals surface area contributed by atoms with Crippen molar-refractivity contribution < 1.29 is 9.53 Å². The second-order valence-corrected chi connectivity index (χ2v) is 7.96. The molecule has 1 heterocycles. The topological polar surface area (TPSA) is 46.5 Å². The van der Waals surface area contributed by atoms with Crippen molar-refractivity contribution in [2.45, 2.75) is 39.3 Å². The Morgan fingerprint density at radius 3 is 2.47 bits per heavy atom. The number of likely N-dealkylation sites (N-methyl/N-ethyl adjacent to an activating group) is 1. The van der Waals surface area contributed by atoms with Gasteiger partial charge < -0.3 is 19.5 Å². The van der Waals surface area contributed by atoms with E-state index in [4.69, 9.17) is 4.74 Å². The van der Waals surface area contributed by atoms with Crippen molar-refractivity contribution in [3.8, 4) is 5.75 Å². The number of fused-ring (bicyclic) bond motifs is 1. The van der Waals surface area contributed by atoms with Crippen molar-refractivity contribution in [1.29, 1.82) is 0 Å². The highest BCUT2D eigenvalue weighted by Crippen LogP contribution is 2.27. The molecule has 1 N–H and O–H groups in total. The van der Waals surface area contributed by atoms with Crippen molar-refractivity contribution in [1.82, 2.24) is 14.8 Å². The van der Waals surface area contributed by atoms with E-state index in [1.165, 1.54) is 0 Å². The van der Waals surface area contributed by atoms with Crippen LogP contribution in [0.3, 0.4) is 0 Å². The second-order valence-electron chi connectivity index (χ2n) is 7.96. The lowest BCUT2D eigenvalue weighted by Crippen LogP contribution is -2.35. The molecular weight excluding hydrogens is 374 g/mol. The average Bonchev–Trinajstić information content (AvgIpc) is 3.04. The number of carbonyl (C=O) groups excluding carboxylic acids is 1. The van der Waals surface area contributed by atoms with Crippen LogP contribution in [0.4, 0.5) is 0 Å². The first-order valence-corrected chi connectivity index (χ1v) is 10.6. The number of hydrogen-bond donors (Lipinski definition) is 1. The Morgan fingerprint density at radius 2 is 1.83 bits per heavy atom. The summed E-state index contributed by atoms with van der Waals surface area (Å²) in [5.41, 5.74) is 4.10. The SMILES string of the molecule is CCCCn1c(C(=O)NCC(c2ccc(OC)cc2)N(C)C)c(C)c2ccccc21. The van der Waals surface area contributed by atoms with Crippen molar-refractivity contribution in [3.05, 3.63) is 65.4 Å². The Balaban J connectivity index is 1.85. The maximum Gasteiger partial charge on any atom is 0.268 e. The number of amides is 1. The van der Waals surface area contributed by atoms with Crippen LogP contribution in [0.1, 0.15) is 47.4 Å². The molecule has 1 unspecified atom stereocenters. The van der Waals surface area contributed by atoms with Crippen LogP contribution >= 0.6 is 0 Å². The molecule has 0 saturated carbocycles. The van der Waals surface area contributed by atoms with Gasteiger partial charge in [0, 0.05) is 24.0 Å². The molecule has 3 aromatic rings. The molecule has 0 aliphatic heterocycles. The summed E-state index contributed by atoms with van der Waals surface area (Å²) < 4.78 is 7.45. The zero-order chi connectivity index (χ0) is 21.7. The maximum atomic E-state index is 13.3. The molecule has 1 atom stereocenters. The minimum absolute atomic E-state index is 0.0137. The number of unbranched alkanes of at least 4 members (excludes halogenated alkanes) is 1. The summed E-state index contributed by atoms with van der Waals surface area (Å²) in [4.78, 5) is 15.4. The van der Waals surface area contributed by atoms with Crippen molar-refractivity contribution in [2.24, 2.45) is 0 Å². The summed E-state index contributed by atoms with van der Waals surface area (Å²) in [6, 6.07) is 16.4. The fourth-order valence-electron chi connectivity index (χ4n) is 4.02. The lowest BCUT2D eigenvalue weighted by Gasteiger charge is -2.25. The second kappa shape index (κ2) is 9.81. The lowest BCUT2D eigenvalue weighted by atomic mass is 10.1. The predicted octanol–water partition coefficient (Wildman–Crippen LogP) is 4.79. The third kappa shape index (κ3) is 4.51. The van der Waals surface area contributed by atoms with E-state index in [9.17, 15) is 4.79 Å². The lowest BCUT2D eigenvalue weighted by molar-refractivity contribution is 0.0932. The molecule has 0 bridgehead atoms. The fourth-order valence-corrected chi connectivity index (χ4v) is 4.02. The van der Waals surface area contributed by atoms with E-state index in [0.717, 1.165) is 52.9 Å².